The predicted molar refractivity (Wildman–Crippen MR) is 135 cm³/mol. The second-order valence-corrected chi connectivity index (χ2v) is 8.73. The number of hydrogen-bond acceptors (Lipinski definition) is 4. The molecule has 5 rings (SSSR count). The summed E-state index contributed by atoms with van der Waals surface area (Å²) in [4.78, 5) is 18.5. The van der Waals surface area contributed by atoms with Gasteiger partial charge in [0.1, 0.15) is 18.1 Å². The lowest BCUT2D eigenvalue weighted by molar-refractivity contribution is -0.136. The Morgan fingerprint density at radius 2 is 1.83 bits per heavy atom. The van der Waals surface area contributed by atoms with E-state index in [-0.39, 0.29) is 19.1 Å². The summed E-state index contributed by atoms with van der Waals surface area (Å²) in [5.41, 5.74) is 6.69. The van der Waals surface area contributed by atoms with Crippen molar-refractivity contribution < 1.29 is 14.6 Å². The van der Waals surface area contributed by atoms with Gasteiger partial charge in [0.2, 0.25) is 0 Å². The Labute approximate surface area is 203 Å². The first-order valence-corrected chi connectivity index (χ1v) is 11.5. The first kappa shape index (κ1) is 22.4. The van der Waals surface area contributed by atoms with Gasteiger partial charge in [-0.05, 0) is 49.2 Å². The fraction of sp³-hybridized carbons (Fsp3) is 0.179. The third-order valence-corrected chi connectivity index (χ3v) is 5.96. The molecule has 0 aliphatic carbocycles. The van der Waals surface area contributed by atoms with Crippen LogP contribution in [0.15, 0.2) is 79.3 Å². The molecular formula is C28H26N4O3. The minimum Gasteiger partial charge on any atom is -0.487 e. The highest BCUT2D eigenvalue weighted by molar-refractivity contribution is 5.88. The summed E-state index contributed by atoms with van der Waals surface area (Å²) in [6, 6.07) is 22.1. The van der Waals surface area contributed by atoms with E-state index in [1.165, 1.54) is 0 Å². The molecule has 0 radical (unpaired) electrons. The molecule has 2 N–H and O–H groups in total. The molecule has 35 heavy (non-hydrogen) atoms. The number of para-hydroxylation sites is 1. The van der Waals surface area contributed by atoms with Crippen molar-refractivity contribution in [2.45, 2.75) is 32.9 Å². The maximum atomic E-state index is 11.2. The minimum atomic E-state index is -0.891. The van der Waals surface area contributed by atoms with E-state index >= 15 is 0 Å². The molecule has 7 heteroatoms. The van der Waals surface area contributed by atoms with Crippen LogP contribution in [0.1, 0.15) is 31.1 Å². The summed E-state index contributed by atoms with van der Waals surface area (Å²) in [5.74, 6) is -0.330. The summed E-state index contributed by atoms with van der Waals surface area (Å²) in [7, 11) is 0. The molecule has 0 atom stereocenters. The molecule has 176 valence electrons. The molecule has 0 fully saturated rings. The summed E-state index contributed by atoms with van der Waals surface area (Å²) >= 11 is 0. The SMILES string of the molecule is CC(C)n1nc(COc2ccccc2CC(=O)O)c2cc(-c3cccc(-c4cnc[nH]4)c3)ccc21. The van der Waals surface area contributed by atoms with Gasteiger partial charge in [0.25, 0.3) is 0 Å². The van der Waals surface area contributed by atoms with Gasteiger partial charge in [-0.1, -0.05) is 42.5 Å². The van der Waals surface area contributed by atoms with Gasteiger partial charge < -0.3 is 14.8 Å². The van der Waals surface area contributed by atoms with Crippen LogP contribution in [0, 0.1) is 0 Å². The number of H-pyrrole nitrogens is 1. The number of aliphatic carboxylic acids is 1. The Morgan fingerprint density at radius 3 is 2.60 bits per heavy atom. The molecule has 0 bridgehead atoms. The van der Waals surface area contributed by atoms with Crippen molar-refractivity contribution in [3.05, 3.63) is 90.5 Å². The zero-order valence-corrected chi connectivity index (χ0v) is 19.6. The lowest BCUT2D eigenvalue weighted by atomic mass is 10.00. The second-order valence-electron chi connectivity index (χ2n) is 8.73. The van der Waals surface area contributed by atoms with Crippen LogP contribution in [0.5, 0.6) is 5.75 Å². The number of aromatic amines is 1. The predicted octanol–water partition coefficient (Wildman–Crippen LogP) is 5.88. The molecule has 0 saturated carbocycles. The van der Waals surface area contributed by atoms with E-state index in [0.29, 0.717) is 11.3 Å². The number of carboxylic acid groups (broad SMARTS) is 1. The maximum Gasteiger partial charge on any atom is 0.307 e. The summed E-state index contributed by atoms with van der Waals surface area (Å²) in [6.07, 6.45) is 3.40. The molecule has 2 heterocycles. The monoisotopic (exact) mass is 466 g/mol. The Kier molecular flexibility index (Phi) is 6.06. The second kappa shape index (κ2) is 9.46. The first-order valence-electron chi connectivity index (χ1n) is 11.5. The van der Waals surface area contributed by atoms with Crippen LogP contribution >= 0.6 is 0 Å². The van der Waals surface area contributed by atoms with E-state index in [1.807, 2.05) is 29.1 Å². The number of carboxylic acids is 1. The molecule has 7 nitrogen and oxygen atoms in total. The van der Waals surface area contributed by atoms with Crippen LogP contribution in [0.3, 0.4) is 0 Å². The topological polar surface area (TPSA) is 93.0 Å². The van der Waals surface area contributed by atoms with Crippen LogP contribution in [-0.2, 0) is 17.8 Å². The zero-order valence-electron chi connectivity index (χ0n) is 19.6. The molecule has 0 aliphatic heterocycles. The minimum absolute atomic E-state index is 0.0891. The molecule has 0 unspecified atom stereocenters. The average Bonchev–Trinajstić information content (AvgIpc) is 3.52. The van der Waals surface area contributed by atoms with Gasteiger partial charge >= 0.3 is 5.97 Å². The number of imidazole rings is 1. The number of benzene rings is 3. The summed E-state index contributed by atoms with van der Waals surface area (Å²) < 4.78 is 8.09. The smallest absolute Gasteiger partial charge is 0.307 e. The highest BCUT2D eigenvalue weighted by Gasteiger charge is 2.16. The number of nitrogens with zero attached hydrogens (tertiary/aromatic N) is 3. The van der Waals surface area contributed by atoms with Gasteiger partial charge in [0.15, 0.2) is 0 Å². The van der Waals surface area contributed by atoms with Gasteiger partial charge in [-0.2, -0.15) is 5.10 Å². The van der Waals surface area contributed by atoms with Crippen molar-refractivity contribution in [3.8, 4) is 28.1 Å². The van der Waals surface area contributed by atoms with E-state index in [9.17, 15) is 9.90 Å². The number of aromatic nitrogens is 4. The average molecular weight is 467 g/mol. The van der Waals surface area contributed by atoms with Gasteiger partial charge in [-0.15, -0.1) is 0 Å². The van der Waals surface area contributed by atoms with Gasteiger partial charge in [-0.3, -0.25) is 9.48 Å². The first-order chi connectivity index (χ1) is 17.0. The normalized spacial score (nSPS) is 11.3. The van der Waals surface area contributed by atoms with E-state index in [1.54, 1.807) is 18.5 Å². The molecule has 5 aromatic rings. The van der Waals surface area contributed by atoms with Crippen LogP contribution in [0.25, 0.3) is 33.3 Å². The molecule has 0 spiro atoms. The largest absolute Gasteiger partial charge is 0.487 e. The van der Waals surface area contributed by atoms with Crippen molar-refractivity contribution in [1.29, 1.82) is 0 Å². The number of hydrogen-bond donors (Lipinski definition) is 2. The van der Waals surface area contributed by atoms with Crippen molar-refractivity contribution in [2.24, 2.45) is 0 Å². The number of carbonyl (C=O) groups is 1. The highest BCUT2D eigenvalue weighted by Crippen LogP contribution is 2.31. The van der Waals surface area contributed by atoms with E-state index in [0.717, 1.165) is 39.0 Å². The third kappa shape index (κ3) is 4.66. The standard InChI is InChI=1S/C28H26N4O3/c1-18(2)32-26-11-10-20(19-7-5-8-21(12-19)24-15-29-17-30-24)13-23(26)25(31-32)16-35-27-9-4-3-6-22(27)14-28(33)34/h3-13,15,17-18H,14,16H2,1-2H3,(H,29,30)(H,33,34). The molecule has 3 aromatic carbocycles. The molecular weight excluding hydrogens is 440 g/mol. The van der Waals surface area contributed by atoms with E-state index < -0.39 is 5.97 Å². The molecule has 2 aromatic heterocycles. The zero-order chi connectivity index (χ0) is 24.4. The maximum absolute atomic E-state index is 11.2. The molecule has 0 aliphatic rings. The highest BCUT2D eigenvalue weighted by atomic mass is 16.5. The summed E-state index contributed by atoms with van der Waals surface area (Å²) in [5, 5.41) is 15.1. The summed E-state index contributed by atoms with van der Waals surface area (Å²) in [6.45, 7) is 4.44. The lowest BCUT2D eigenvalue weighted by Gasteiger charge is -2.09. The van der Waals surface area contributed by atoms with E-state index in [4.69, 9.17) is 9.84 Å². The van der Waals surface area contributed by atoms with Crippen molar-refractivity contribution in [1.82, 2.24) is 19.7 Å². The van der Waals surface area contributed by atoms with Gasteiger partial charge in [0, 0.05) is 22.6 Å². The number of ether oxygens (including phenoxy) is 1. The van der Waals surface area contributed by atoms with Crippen LogP contribution in [-0.4, -0.2) is 30.8 Å². The quantitative estimate of drug-likeness (QED) is 0.298. The molecule has 0 saturated heterocycles. The number of fused-ring (bicyclic) bond motifs is 1. The Morgan fingerprint density at radius 1 is 1.03 bits per heavy atom. The van der Waals surface area contributed by atoms with Crippen LogP contribution in [0.2, 0.25) is 0 Å². The van der Waals surface area contributed by atoms with Crippen LogP contribution in [0.4, 0.5) is 0 Å². The van der Waals surface area contributed by atoms with Gasteiger partial charge in [-0.25, -0.2) is 4.98 Å². The van der Waals surface area contributed by atoms with Crippen molar-refractivity contribution in [3.63, 3.8) is 0 Å². The van der Waals surface area contributed by atoms with Crippen LogP contribution < -0.4 is 4.74 Å². The van der Waals surface area contributed by atoms with Crippen molar-refractivity contribution in [2.75, 3.05) is 0 Å². The fourth-order valence-corrected chi connectivity index (χ4v) is 4.26. The Balaban J connectivity index is 1.51. The fourth-order valence-electron chi connectivity index (χ4n) is 4.26. The van der Waals surface area contributed by atoms with Gasteiger partial charge in [0.05, 0.1) is 30.2 Å². The van der Waals surface area contributed by atoms with Crippen molar-refractivity contribution >= 4 is 16.9 Å². The van der Waals surface area contributed by atoms with E-state index in [2.05, 4.69) is 60.2 Å². The Bertz CT molecular complexity index is 1490. The third-order valence-electron chi connectivity index (χ3n) is 5.96. The number of rotatable bonds is 8. The molecule has 0 amide bonds. The number of nitrogens with one attached hydrogen (secondary N) is 1. The lowest BCUT2D eigenvalue weighted by Crippen LogP contribution is -2.06. The Hall–Kier alpha value is -4.39.